The number of carbonyl (C=O) groups excluding carboxylic acids is 1. The molecule has 108 valence electrons. The van der Waals surface area contributed by atoms with Gasteiger partial charge in [-0.25, -0.2) is 4.79 Å². The molecule has 1 N–H and O–H groups in total. The molecule has 1 amide bonds. The van der Waals surface area contributed by atoms with Crippen LogP contribution in [0.4, 0.5) is 0 Å². The summed E-state index contributed by atoms with van der Waals surface area (Å²) in [4.78, 5) is 25.3. The number of ether oxygens (including phenoxy) is 1. The maximum atomic E-state index is 12.4. The first-order chi connectivity index (χ1) is 9.13. The Bertz CT molecular complexity index is 338. The largest absolute Gasteiger partial charge is 0.480 e. The summed E-state index contributed by atoms with van der Waals surface area (Å²) in [5, 5.41) is 9.33. The number of carboxylic acids is 1. The second-order valence-electron chi connectivity index (χ2n) is 5.54. The average molecular weight is 269 g/mol. The van der Waals surface area contributed by atoms with Crippen molar-refractivity contribution in [3.8, 4) is 0 Å². The summed E-state index contributed by atoms with van der Waals surface area (Å²) in [6.07, 6.45) is 4.73. The van der Waals surface area contributed by atoms with Crippen LogP contribution in [0.2, 0.25) is 0 Å². The van der Waals surface area contributed by atoms with E-state index in [1.54, 1.807) is 0 Å². The molecule has 2 aliphatic rings. The molecule has 0 saturated carbocycles. The fraction of sp³-hybridized carbons (Fsp3) is 0.857. The molecular formula is C14H23NO4. The predicted octanol–water partition coefficient (Wildman–Crippen LogP) is 1.66. The molecule has 0 aromatic rings. The Hall–Kier alpha value is -1.10. The van der Waals surface area contributed by atoms with Crippen molar-refractivity contribution in [3.05, 3.63) is 0 Å². The number of amides is 1. The fourth-order valence-electron chi connectivity index (χ4n) is 3.03. The molecule has 0 aromatic carbocycles. The quantitative estimate of drug-likeness (QED) is 0.846. The van der Waals surface area contributed by atoms with E-state index in [0.29, 0.717) is 25.5 Å². The minimum Gasteiger partial charge on any atom is -0.480 e. The number of hydrogen-bond donors (Lipinski definition) is 1. The van der Waals surface area contributed by atoms with Crippen LogP contribution in [0.1, 0.15) is 45.4 Å². The van der Waals surface area contributed by atoms with Gasteiger partial charge in [-0.1, -0.05) is 13.3 Å². The molecule has 5 nitrogen and oxygen atoms in total. The summed E-state index contributed by atoms with van der Waals surface area (Å²) >= 11 is 0. The fourth-order valence-corrected chi connectivity index (χ4v) is 3.03. The molecule has 0 spiro atoms. The first-order valence-corrected chi connectivity index (χ1v) is 7.28. The lowest BCUT2D eigenvalue weighted by molar-refractivity contribution is -0.160. The van der Waals surface area contributed by atoms with Crippen LogP contribution in [0.3, 0.4) is 0 Å². The molecule has 2 heterocycles. The summed E-state index contributed by atoms with van der Waals surface area (Å²) in [5.74, 6) is -0.596. The van der Waals surface area contributed by atoms with Gasteiger partial charge in [-0.05, 0) is 38.0 Å². The van der Waals surface area contributed by atoms with Crippen molar-refractivity contribution in [1.29, 1.82) is 0 Å². The summed E-state index contributed by atoms with van der Waals surface area (Å²) in [6.45, 7) is 3.24. The van der Waals surface area contributed by atoms with E-state index in [-0.39, 0.29) is 5.91 Å². The van der Waals surface area contributed by atoms with Crippen LogP contribution in [0.15, 0.2) is 0 Å². The normalized spacial score (nSPS) is 32.1. The zero-order chi connectivity index (χ0) is 13.8. The molecule has 2 rings (SSSR count). The third-order valence-corrected chi connectivity index (χ3v) is 4.31. The molecular weight excluding hydrogens is 246 g/mol. The monoisotopic (exact) mass is 269 g/mol. The first-order valence-electron chi connectivity index (χ1n) is 7.28. The summed E-state index contributed by atoms with van der Waals surface area (Å²) in [5.41, 5.74) is 0. The second-order valence-corrected chi connectivity index (χ2v) is 5.54. The molecule has 3 unspecified atom stereocenters. The first kappa shape index (κ1) is 14.3. The van der Waals surface area contributed by atoms with Gasteiger partial charge in [0, 0.05) is 13.2 Å². The highest BCUT2D eigenvalue weighted by molar-refractivity contribution is 5.86. The van der Waals surface area contributed by atoms with Gasteiger partial charge in [0.25, 0.3) is 5.91 Å². The van der Waals surface area contributed by atoms with E-state index in [1.807, 2.05) is 0 Å². The van der Waals surface area contributed by atoms with Crippen molar-refractivity contribution in [1.82, 2.24) is 4.90 Å². The Balaban J connectivity index is 2.03. The minimum absolute atomic E-state index is 0.123. The van der Waals surface area contributed by atoms with E-state index in [1.165, 1.54) is 4.90 Å². The number of carboxylic acid groups (broad SMARTS) is 1. The van der Waals surface area contributed by atoms with Crippen molar-refractivity contribution in [2.24, 2.45) is 5.92 Å². The number of hydrogen-bond acceptors (Lipinski definition) is 3. The third-order valence-electron chi connectivity index (χ3n) is 4.31. The van der Waals surface area contributed by atoms with E-state index in [0.717, 1.165) is 32.1 Å². The van der Waals surface area contributed by atoms with Gasteiger partial charge < -0.3 is 14.7 Å². The molecule has 0 radical (unpaired) electrons. The maximum Gasteiger partial charge on any atom is 0.326 e. The number of piperidine rings is 1. The molecule has 2 saturated heterocycles. The van der Waals surface area contributed by atoms with Gasteiger partial charge in [0.15, 0.2) is 0 Å². The Labute approximate surface area is 113 Å². The van der Waals surface area contributed by atoms with E-state index in [4.69, 9.17) is 4.74 Å². The van der Waals surface area contributed by atoms with Gasteiger partial charge in [-0.15, -0.1) is 0 Å². The Morgan fingerprint density at radius 3 is 2.68 bits per heavy atom. The lowest BCUT2D eigenvalue weighted by Crippen LogP contribution is -2.54. The van der Waals surface area contributed by atoms with Gasteiger partial charge in [-0.2, -0.15) is 0 Å². The second kappa shape index (κ2) is 6.37. The molecule has 0 bridgehead atoms. The molecule has 19 heavy (non-hydrogen) atoms. The highest BCUT2D eigenvalue weighted by Crippen LogP contribution is 2.27. The molecule has 0 aromatic heterocycles. The number of aliphatic carboxylic acids is 1. The predicted molar refractivity (Wildman–Crippen MR) is 69.7 cm³/mol. The lowest BCUT2D eigenvalue weighted by Gasteiger charge is -2.39. The number of nitrogens with zero attached hydrogens (tertiary/aromatic N) is 1. The summed E-state index contributed by atoms with van der Waals surface area (Å²) in [6, 6.07) is -0.670. The van der Waals surface area contributed by atoms with Crippen molar-refractivity contribution >= 4 is 11.9 Å². The van der Waals surface area contributed by atoms with Crippen LogP contribution in [-0.2, 0) is 14.3 Å². The van der Waals surface area contributed by atoms with Crippen LogP contribution in [0.25, 0.3) is 0 Å². The molecule has 2 aliphatic heterocycles. The average Bonchev–Trinajstić information content (AvgIpc) is 2.46. The van der Waals surface area contributed by atoms with E-state index >= 15 is 0 Å². The van der Waals surface area contributed by atoms with Gasteiger partial charge in [-0.3, -0.25) is 4.79 Å². The van der Waals surface area contributed by atoms with E-state index in [2.05, 4.69) is 6.92 Å². The molecule has 0 aliphatic carbocycles. The Morgan fingerprint density at radius 2 is 2.11 bits per heavy atom. The van der Waals surface area contributed by atoms with E-state index in [9.17, 15) is 14.7 Å². The number of rotatable bonds is 3. The van der Waals surface area contributed by atoms with Crippen LogP contribution < -0.4 is 0 Å². The van der Waals surface area contributed by atoms with Crippen molar-refractivity contribution in [3.63, 3.8) is 0 Å². The number of likely N-dealkylation sites (tertiary alicyclic amines) is 1. The topological polar surface area (TPSA) is 66.8 Å². The number of carbonyl (C=O) groups is 2. The zero-order valence-electron chi connectivity index (χ0n) is 11.5. The summed E-state index contributed by atoms with van der Waals surface area (Å²) in [7, 11) is 0. The molecule has 5 heteroatoms. The standard InChI is InChI=1S/C14H23NO4/c1-2-10-6-7-15(11(9-10)14(17)18)13(16)12-5-3-4-8-19-12/h10-12H,2-9H2,1H3,(H,17,18). The Morgan fingerprint density at radius 1 is 1.32 bits per heavy atom. The van der Waals surface area contributed by atoms with Gasteiger partial charge in [0.1, 0.15) is 12.1 Å². The SMILES string of the molecule is CCC1CCN(C(=O)C2CCCCO2)C(C(=O)O)C1. The van der Waals surface area contributed by atoms with Crippen LogP contribution >= 0.6 is 0 Å². The van der Waals surface area contributed by atoms with Crippen molar-refractivity contribution in [2.45, 2.75) is 57.6 Å². The molecule has 3 atom stereocenters. The Kier molecular flexibility index (Phi) is 4.80. The van der Waals surface area contributed by atoms with Gasteiger partial charge in [0.2, 0.25) is 0 Å². The highest BCUT2D eigenvalue weighted by atomic mass is 16.5. The van der Waals surface area contributed by atoms with Crippen molar-refractivity contribution in [2.75, 3.05) is 13.2 Å². The maximum absolute atomic E-state index is 12.4. The van der Waals surface area contributed by atoms with E-state index < -0.39 is 18.1 Å². The molecule has 2 fully saturated rings. The van der Waals surface area contributed by atoms with Gasteiger partial charge in [0.05, 0.1) is 0 Å². The zero-order valence-corrected chi connectivity index (χ0v) is 11.5. The highest BCUT2D eigenvalue weighted by Gasteiger charge is 2.38. The van der Waals surface area contributed by atoms with Crippen LogP contribution in [0.5, 0.6) is 0 Å². The third kappa shape index (κ3) is 3.26. The lowest BCUT2D eigenvalue weighted by atomic mass is 9.88. The van der Waals surface area contributed by atoms with Crippen LogP contribution in [-0.4, -0.2) is 47.2 Å². The minimum atomic E-state index is -0.887. The van der Waals surface area contributed by atoms with Crippen molar-refractivity contribution < 1.29 is 19.4 Å². The van der Waals surface area contributed by atoms with Gasteiger partial charge >= 0.3 is 5.97 Å². The smallest absolute Gasteiger partial charge is 0.326 e. The van der Waals surface area contributed by atoms with Crippen LogP contribution in [0, 0.1) is 5.92 Å². The summed E-state index contributed by atoms with van der Waals surface area (Å²) < 4.78 is 5.49.